The summed E-state index contributed by atoms with van der Waals surface area (Å²) in [6.07, 6.45) is 1.84. The molecule has 1 fully saturated rings. The molecule has 3 aliphatic rings. The van der Waals surface area contributed by atoms with Gasteiger partial charge in [-0.1, -0.05) is 11.6 Å². The second-order valence-electron chi connectivity index (χ2n) is 7.31. The van der Waals surface area contributed by atoms with Crippen molar-refractivity contribution in [2.24, 2.45) is 0 Å². The summed E-state index contributed by atoms with van der Waals surface area (Å²) in [6.45, 7) is 1.42. The highest BCUT2D eigenvalue weighted by atomic mass is 35.5. The fourth-order valence-electron chi connectivity index (χ4n) is 4.15. The zero-order valence-electron chi connectivity index (χ0n) is 15.6. The normalized spacial score (nSPS) is 19.6. The average molecular weight is 415 g/mol. The molecule has 1 atom stereocenters. The Morgan fingerprint density at radius 1 is 1.31 bits per heavy atom. The molecule has 3 heterocycles. The fraction of sp³-hybridized carbons (Fsp3) is 0.333. The third-order valence-electron chi connectivity index (χ3n) is 5.47. The first-order valence-corrected chi connectivity index (χ1v) is 9.88. The average Bonchev–Trinajstić information content (AvgIpc) is 3.22. The summed E-state index contributed by atoms with van der Waals surface area (Å²) >= 11 is 6.16. The van der Waals surface area contributed by atoms with E-state index in [2.05, 4.69) is 10.2 Å². The van der Waals surface area contributed by atoms with Crippen molar-refractivity contribution in [3.63, 3.8) is 0 Å². The highest BCUT2D eigenvalue weighted by Crippen LogP contribution is 2.37. The van der Waals surface area contributed by atoms with Crippen LogP contribution < -0.4 is 15.0 Å². The Kier molecular flexibility index (Phi) is 4.56. The molecule has 8 heteroatoms. The largest absolute Gasteiger partial charge is 0.467 e. The summed E-state index contributed by atoms with van der Waals surface area (Å²) in [5, 5.41) is 3.44. The number of hydrogen-bond acceptors (Lipinski definition) is 6. The zero-order valence-corrected chi connectivity index (χ0v) is 16.3. The van der Waals surface area contributed by atoms with Gasteiger partial charge in [-0.25, -0.2) is 4.79 Å². The molecular weight excluding hydrogens is 396 g/mol. The summed E-state index contributed by atoms with van der Waals surface area (Å²) in [5.74, 6) is 0.142. The van der Waals surface area contributed by atoms with Crippen molar-refractivity contribution in [1.82, 2.24) is 0 Å². The van der Waals surface area contributed by atoms with Crippen LogP contribution in [0.25, 0.3) is 0 Å². The summed E-state index contributed by atoms with van der Waals surface area (Å²) in [4.78, 5) is 27.0. The second-order valence-corrected chi connectivity index (χ2v) is 7.75. The molecule has 0 bridgehead atoms. The maximum absolute atomic E-state index is 12.6. The molecule has 150 valence electrons. The standard InChI is InChI=1S/C21H19ClN2O5/c22-15-6-13-9-27-11-29-19(13)14(7-15)10-28-21(26)12-3-4-17-16(8-12)23-20(25)18-2-1-5-24(17)18/h3-4,6-8,18H,1-2,5,9-11H2,(H,23,25)/t18-/m1/s1. The van der Waals surface area contributed by atoms with E-state index in [1.165, 1.54) is 0 Å². The molecule has 5 rings (SSSR count). The van der Waals surface area contributed by atoms with Crippen LogP contribution in [0, 0.1) is 0 Å². The number of benzene rings is 2. The van der Waals surface area contributed by atoms with Gasteiger partial charge in [0, 0.05) is 22.7 Å². The van der Waals surface area contributed by atoms with Gasteiger partial charge in [-0.2, -0.15) is 0 Å². The van der Waals surface area contributed by atoms with E-state index >= 15 is 0 Å². The Bertz CT molecular complexity index is 1010. The van der Waals surface area contributed by atoms with E-state index in [1.54, 1.807) is 24.3 Å². The zero-order chi connectivity index (χ0) is 20.0. The number of esters is 1. The molecule has 29 heavy (non-hydrogen) atoms. The quantitative estimate of drug-likeness (QED) is 0.775. The minimum atomic E-state index is -0.480. The van der Waals surface area contributed by atoms with Crippen LogP contribution in [0.15, 0.2) is 30.3 Å². The first-order valence-electron chi connectivity index (χ1n) is 9.50. The number of nitrogens with one attached hydrogen (secondary N) is 1. The first-order chi connectivity index (χ1) is 14.1. The van der Waals surface area contributed by atoms with Crippen molar-refractivity contribution in [2.75, 3.05) is 23.6 Å². The predicted octanol–water partition coefficient (Wildman–Crippen LogP) is 3.48. The van der Waals surface area contributed by atoms with Crippen LogP contribution in [-0.4, -0.2) is 31.3 Å². The number of carbonyl (C=O) groups excluding carboxylic acids is 2. The van der Waals surface area contributed by atoms with Gasteiger partial charge in [0.15, 0.2) is 6.79 Å². The van der Waals surface area contributed by atoms with Crippen LogP contribution in [0.4, 0.5) is 11.4 Å². The van der Waals surface area contributed by atoms with Gasteiger partial charge in [0.25, 0.3) is 0 Å². The lowest BCUT2D eigenvalue weighted by atomic mass is 10.1. The first kappa shape index (κ1) is 18.3. The van der Waals surface area contributed by atoms with E-state index < -0.39 is 5.97 Å². The maximum atomic E-state index is 12.6. The molecule has 0 radical (unpaired) electrons. The number of amides is 1. The smallest absolute Gasteiger partial charge is 0.338 e. The fourth-order valence-corrected chi connectivity index (χ4v) is 4.41. The number of fused-ring (bicyclic) bond motifs is 4. The van der Waals surface area contributed by atoms with Crippen molar-refractivity contribution >= 4 is 34.9 Å². The Labute approximate surface area is 172 Å². The minimum absolute atomic E-state index is 0.0227. The number of nitrogens with zero attached hydrogens (tertiary/aromatic N) is 1. The van der Waals surface area contributed by atoms with E-state index in [1.807, 2.05) is 6.07 Å². The van der Waals surface area contributed by atoms with Crippen molar-refractivity contribution in [3.05, 3.63) is 52.0 Å². The molecule has 2 aromatic carbocycles. The number of carbonyl (C=O) groups is 2. The van der Waals surface area contributed by atoms with Gasteiger partial charge >= 0.3 is 5.97 Å². The lowest BCUT2D eigenvalue weighted by Crippen LogP contribution is -2.43. The third-order valence-corrected chi connectivity index (χ3v) is 5.68. The van der Waals surface area contributed by atoms with Crippen molar-refractivity contribution in [1.29, 1.82) is 0 Å². The number of ether oxygens (including phenoxy) is 3. The van der Waals surface area contributed by atoms with Crippen molar-refractivity contribution in [3.8, 4) is 5.75 Å². The molecule has 1 amide bonds. The minimum Gasteiger partial charge on any atom is -0.467 e. The van der Waals surface area contributed by atoms with Gasteiger partial charge in [0.05, 0.1) is 23.5 Å². The van der Waals surface area contributed by atoms with Crippen LogP contribution >= 0.6 is 11.6 Å². The third kappa shape index (κ3) is 3.30. The van der Waals surface area contributed by atoms with Gasteiger partial charge in [0.1, 0.15) is 18.4 Å². The molecule has 2 aromatic rings. The van der Waals surface area contributed by atoms with Gasteiger partial charge in [-0.15, -0.1) is 0 Å². The number of anilines is 2. The van der Waals surface area contributed by atoms with Crippen LogP contribution in [0.3, 0.4) is 0 Å². The topological polar surface area (TPSA) is 77.1 Å². The van der Waals surface area contributed by atoms with Crippen LogP contribution in [0.5, 0.6) is 5.75 Å². The molecular formula is C21H19ClN2O5. The molecule has 1 N–H and O–H groups in total. The summed E-state index contributed by atoms with van der Waals surface area (Å²) in [7, 11) is 0. The number of rotatable bonds is 3. The van der Waals surface area contributed by atoms with E-state index in [-0.39, 0.29) is 25.3 Å². The van der Waals surface area contributed by atoms with Crippen LogP contribution in [0.1, 0.15) is 34.3 Å². The summed E-state index contributed by atoms with van der Waals surface area (Å²) < 4.78 is 16.3. The molecule has 1 saturated heterocycles. The predicted molar refractivity (Wildman–Crippen MR) is 106 cm³/mol. The number of hydrogen-bond donors (Lipinski definition) is 1. The van der Waals surface area contributed by atoms with Crippen LogP contribution in [0.2, 0.25) is 5.02 Å². The van der Waals surface area contributed by atoms with Gasteiger partial charge in [-0.05, 0) is 43.2 Å². The monoisotopic (exact) mass is 414 g/mol. The molecule has 7 nitrogen and oxygen atoms in total. The van der Waals surface area contributed by atoms with E-state index in [0.29, 0.717) is 34.2 Å². The molecule has 0 unspecified atom stereocenters. The van der Waals surface area contributed by atoms with Gasteiger partial charge in [-0.3, -0.25) is 4.79 Å². The Morgan fingerprint density at radius 3 is 3.10 bits per heavy atom. The number of halogens is 1. The van der Waals surface area contributed by atoms with Crippen molar-refractivity contribution < 1.29 is 23.8 Å². The molecule has 0 aromatic heterocycles. The molecule has 0 spiro atoms. The van der Waals surface area contributed by atoms with E-state index in [9.17, 15) is 9.59 Å². The molecule has 0 saturated carbocycles. The Morgan fingerprint density at radius 2 is 2.21 bits per heavy atom. The van der Waals surface area contributed by atoms with Crippen LogP contribution in [-0.2, 0) is 27.5 Å². The highest BCUT2D eigenvalue weighted by molar-refractivity contribution is 6.30. The maximum Gasteiger partial charge on any atom is 0.338 e. The van der Waals surface area contributed by atoms with E-state index in [0.717, 1.165) is 30.6 Å². The van der Waals surface area contributed by atoms with E-state index in [4.69, 9.17) is 25.8 Å². The summed E-state index contributed by atoms with van der Waals surface area (Å²) in [6, 6.07) is 8.65. The Hall–Kier alpha value is -2.77. The van der Waals surface area contributed by atoms with Gasteiger partial charge < -0.3 is 24.4 Å². The highest BCUT2D eigenvalue weighted by Gasteiger charge is 2.36. The van der Waals surface area contributed by atoms with Crippen molar-refractivity contribution in [2.45, 2.75) is 32.1 Å². The molecule has 3 aliphatic heterocycles. The summed E-state index contributed by atoms with van der Waals surface area (Å²) in [5.41, 5.74) is 3.48. The van der Waals surface area contributed by atoms with Gasteiger partial charge in [0.2, 0.25) is 5.91 Å². The SMILES string of the molecule is O=C(OCc1cc(Cl)cc2c1OCOC2)c1ccc2c(c1)NC(=O)[C@H]1CCCN21. The molecule has 0 aliphatic carbocycles. The Balaban J connectivity index is 1.34. The lowest BCUT2D eigenvalue weighted by molar-refractivity contribution is -0.117. The second kappa shape index (κ2) is 7.24. The lowest BCUT2D eigenvalue weighted by Gasteiger charge is -2.33.